The molecule has 2 heterocycles. The van der Waals surface area contributed by atoms with Crippen LogP contribution in [0.5, 0.6) is 0 Å². The van der Waals surface area contributed by atoms with Crippen molar-refractivity contribution in [3.63, 3.8) is 0 Å². The lowest BCUT2D eigenvalue weighted by Gasteiger charge is -2.32. The van der Waals surface area contributed by atoms with Crippen LogP contribution in [0.3, 0.4) is 0 Å². The van der Waals surface area contributed by atoms with Gasteiger partial charge in [-0.2, -0.15) is 0 Å². The van der Waals surface area contributed by atoms with Gasteiger partial charge in [-0.05, 0) is 38.0 Å². The second-order valence-electron chi connectivity index (χ2n) is 5.51. The Morgan fingerprint density at radius 3 is 2.47 bits per heavy atom. The molecule has 2 bridgehead atoms. The molecule has 1 aliphatic carbocycles. The number of hydrazine groups is 1. The minimum Gasteiger partial charge on any atom is -0.375 e. The zero-order chi connectivity index (χ0) is 10.3. The summed E-state index contributed by atoms with van der Waals surface area (Å²) in [5.74, 6) is 7.26. The molecule has 3 rings (SSSR count). The van der Waals surface area contributed by atoms with Crippen LogP contribution in [0.15, 0.2) is 0 Å². The molecule has 0 radical (unpaired) electrons. The van der Waals surface area contributed by atoms with Gasteiger partial charge in [-0.1, -0.05) is 12.8 Å². The van der Waals surface area contributed by atoms with Crippen LogP contribution in [0.25, 0.3) is 0 Å². The molecule has 3 fully saturated rings. The highest BCUT2D eigenvalue weighted by Crippen LogP contribution is 2.44. The summed E-state index contributed by atoms with van der Waals surface area (Å²) < 4.78 is 5.93. The Labute approximate surface area is 91.7 Å². The van der Waals surface area contributed by atoms with E-state index in [1.807, 2.05) is 0 Å². The first-order valence-electron chi connectivity index (χ1n) is 6.50. The highest BCUT2D eigenvalue weighted by molar-refractivity contribution is 4.97. The molecule has 2 aliphatic heterocycles. The van der Waals surface area contributed by atoms with Crippen LogP contribution >= 0.6 is 0 Å². The minimum atomic E-state index is 0.511. The zero-order valence-corrected chi connectivity index (χ0v) is 9.32. The monoisotopic (exact) mass is 210 g/mol. The molecule has 0 spiro atoms. The van der Waals surface area contributed by atoms with Gasteiger partial charge in [0, 0.05) is 12.0 Å². The number of nitrogens with one attached hydrogen (secondary N) is 1. The van der Waals surface area contributed by atoms with Crippen LogP contribution in [0, 0.1) is 11.8 Å². The second kappa shape index (κ2) is 4.04. The van der Waals surface area contributed by atoms with Gasteiger partial charge in [0.2, 0.25) is 0 Å². The van der Waals surface area contributed by atoms with Crippen LogP contribution in [0.4, 0.5) is 0 Å². The molecule has 86 valence electrons. The SMILES string of the molecule is NNC(C1CCCC1)C1CC2CCC1O2. The molecule has 3 heteroatoms. The van der Waals surface area contributed by atoms with Gasteiger partial charge in [0.1, 0.15) is 0 Å². The molecule has 4 atom stereocenters. The van der Waals surface area contributed by atoms with Gasteiger partial charge in [0.05, 0.1) is 12.2 Å². The second-order valence-corrected chi connectivity index (χ2v) is 5.51. The average molecular weight is 210 g/mol. The van der Waals surface area contributed by atoms with Gasteiger partial charge in [-0.3, -0.25) is 11.3 Å². The van der Waals surface area contributed by atoms with E-state index in [9.17, 15) is 0 Å². The van der Waals surface area contributed by atoms with Crippen molar-refractivity contribution < 1.29 is 4.74 Å². The maximum Gasteiger partial charge on any atom is 0.0624 e. The molecular weight excluding hydrogens is 188 g/mol. The van der Waals surface area contributed by atoms with Gasteiger partial charge in [0.15, 0.2) is 0 Å². The van der Waals surface area contributed by atoms with Crippen LogP contribution in [-0.4, -0.2) is 18.2 Å². The summed E-state index contributed by atoms with van der Waals surface area (Å²) in [6.07, 6.45) is 10.4. The molecule has 1 saturated carbocycles. The molecule has 15 heavy (non-hydrogen) atoms. The lowest BCUT2D eigenvalue weighted by molar-refractivity contribution is 0.0795. The van der Waals surface area contributed by atoms with E-state index in [0.717, 1.165) is 5.92 Å². The van der Waals surface area contributed by atoms with Gasteiger partial charge < -0.3 is 4.74 Å². The highest BCUT2D eigenvalue weighted by atomic mass is 16.5. The van der Waals surface area contributed by atoms with E-state index >= 15 is 0 Å². The Bertz CT molecular complexity index is 228. The van der Waals surface area contributed by atoms with Crippen molar-refractivity contribution in [1.82, 2.24) is 5.43 Å². The Morgan fingerprint density at radius 1 is 1.13 bits per heavy atom. The number of nitrogens with two attached hydrogens (primary N) is 1. The highest BCUT2D eigenvalue weighted by Gasteiger charge is 2.46. The zero-order valence-electron chi connectivity index (χ0n) is 9.32. The van der Waals surface area contributed by atoms with E-state index in [-0.39, 0.29) is 0 Å². The van der Waals surface area contributed by atoms with Gasteiger partial charge >= 0.3 is 0 Å². The average Bonchev–Trinajstić information content (AvgIpc) is 2.94. The van der Waals surface area contributed by atoms with Crippen LogP contribution < -0.4 is 11.3 Å². The Kier molecular flexibility index (Phi) is 2.71. The van der Waals surface area contributed by atoms with E-state index in [0.29, 0.717) is 24.2 Å². The predicted molar refractivity (Wildman–Crippen MR) is 59.1 cm³/mol. The third-order valence-corrected chi connectivity index (χ3v) is 4.71. The van der Waals surface area contributed by atoms with Crippen molar-refractivity contribution in [1.29, 1.82) is 0 Å². The molecule has 3 aliphatic rings. The number of rotatable bonds is 3. The molecular formula is C12H22N2O. The van der Waals surface area contributed by atoms with Crippen molar-refractivity contribution in [2.75, 3.05) is 0 Å². The summed E-state index contributed by atoms with van der Waals surface area (Å²) in [5, 5.41) is 0. The third-order valence-electron chi connectivity index (χ3n) is 4.71. The Balaban J connectivity index is 1.68. The van der Waals surface area contributed by atoms with E-state index in [4.69, 9.17) is 10.6 Å². The molecule has 0 amide bonds. The van der Waals surface area contributed by atoms with Crippen molar-refractivity contribution in [2.24, 2.45) is 17.7 Å². The summed E-state index contributed by atoms with van der Waals surface area (Å²) in [6, 6.07) is 0.516. The van der Waals surface area contributed by atoms with Crippen LogP contribution in [0.2, 0.25) is 0 Å². The van der Waals surface area contributed by atoms with E-state index in [1.165, 1.54) is 44.9 Å². The fourth-order valence-corrected chi connectivity index (χ4v) is 3.98. The van der Waals surface area contributed by atoms with Gasteiger partial charge in [-0.15, -0.1) is 0 Å². The van der Waals surface area contributed by atoms with Crippen molar-refractivity contribution in [2.45, 2.75) is 63.2 Å². The maximum atomic E-state index is 5.93. The van der Waals surface area contributed by atoms with Crippen molar-refractivity contribution in [3.8, 4) is 0 Å². The van der Waals surface area contributed by atoms with Gasteiger partial charge in [0.25, 0.3) is 0 Å². The lowest BCUT2D eigenvalue weighted by atomic mass is 9.78. The van der Waals surface area contributed by atoms with Gasteiger partial charge in [-0.25, -0.2) is 0 Å². The van der Waals surface area contributed by atoms with E-state index < -0.39 is 0 Å². The number of hydrogen-bond donors (Lipinski definition) is 2. The molecule has 2 saturated heterocycles. The van der Waals surface area contributed by atoms with Crippen molar-refractivity contribution >= 4 is 0 Å². The lowest BCUT2D eigenvalue weighted by Crippen LogP contribution is -2.48. The van der Waals surface area contributed by atoms with E-state index in [2.05, 4.69) is 5.43 Å². The normalized spacial score (nSPS) is 42.6. The van der Waals surface area contributed by atoms with Crippen molar-refractivity contribution in [3.05, 3.63) is 0 Å². The fraction of sp³-hybridized carbons (Fsp3) is 1.00. The van der Waals surface area contributed by atoms with Crippen LogP contribution in [0.1, 0.15) is 44.9 Å². The Morgan fingerprint density at radius 2 is 1.93 bits per heavy atom. The molecule has 0 aromatic heterocycles. The maximum absolute atomic E-state index is 5.93. The number of hydrogen-bond acceptors (Lipinski definition) is 3. The molecule has 0 aromatic rings. The van der Waals surface area contributed by atoms with E-state index in [1.54, 1.807) is 0 Å². The molecule has 3 nitrogen and oxygen atoms in total. The molecule has 0 aromatic carbocycles. The summed E-state index contributed by atoms with van der Waals surface area (Å²) in [6.45, 7) is 0. The first-order chi connectivity index (χ1) is 7.38. The van der Waals surface area contributed by atoms with Crippen LogP contribution in [-0.2, 0) is 4.74 Å². The standard InChI is InChI=1S/C12H22N2O/c13-14-12(8-3-1-2-4-8)10-7-9-5-6-11(10)15-9/h8-12,14H,1-7,13H2. The molecule has 3 N–H and O–H groups in total. The summed E-state index contributed by atoms with van der Waals surface area (Å²) >= 11 is 0. The largest absolute Gasteiger partial charge is 0.375 e. The first kappa shape index (κ1) is 10.1. The predicted octanol–water partition coefficient (Wildman–Crippen LogP) is 1.58. The number of fused-ring (bicyclic) bond motifs is 2. The smallest absolute Gasteiger partial charge is 0.0624 e. The summed E-state index contributed by atoms with van der Waals surface area (Å²) in [5.41, 5.74) is 3.09. The fourth-order valence-electron chi connectivity index (χ4n) is 3.98. The quantitative estimate of drug-likeness (QED) is 0.549. The summed E-state index contributed by atoms with van der Waals surface area (Å²) in [4.78, 5) is 0. The molecule has 4 unspecified atom stereocenters. The Hall–Kier alpha value is -0.120. The topological polar surface area (TPSA) is 47.3 Å². The minimum absolute atomic E-state index is 0.511. The number of ether oxygens (including phenoxy) is 1. The first-order valence-corrected chi connectivity index (χ1v) is 6.50. The third kappa shape index (κ3) is 1.71. The summed E-state index contributed by atoms with van der Waals surface area (Å²) in [7, 11) is 0.